The van der Waals surface area contributed by atoms with Crippen molar-refractivity contribution in [3.8, 4) is 17.3 Å². The molecule has 3 atom stereocenters. The monoisotopic (exact) mass is 678 g/mol. The van der Waals surface area contributed by atoms with E-state index < -0.39 is 36.2 Å². The molecule has 16 nitrogen and oxygen atoms in total. The first-order valence-corrected chi connectivity index (χ1v) is 15.3. The van der Waals surface area contributed by atoms with Crippen molar-refractivity contribution >= 4 is 46.0 Å². The third-order valence-corrected chi connectivity index (χ3v) is 8.10. The molecule has 48 heavy (non-hydrogen) atoms. The maximum Gasteiger partial charge on any atom is 0.260 e. The van der Waals surface area contributed by atoms with E-state index in [1.54, 1.807) is 48.7 Å². The number of nitrogens with one attached hydrogen (secondary N) is 1. The van der Waals surface area contributed by atoms with E-state index in [1.165, 1.54) is 27.9 Å². The molecule has 1 aliphatic heterocycles. The molecule has 2 amide bonds. The molecule has 2 aromatic carbocycles. The van der Waals surface area contributed by atoms with Gasteiger partial charge in [-0.3, -0.25) is 14.5 Å². The number of benzene rings is 2. The summed E-state index contributed by atoms with van der Waals surface area (Å²) in [5, 5.41) is 51.1. The van der Waals surface area contributed by atoms with Crippen LogP contribution in [0, 0.1) is 0 Å². The number of hydrogen-bond acceptors (Lipinski definition) is 13. The highest BCUT2D eigenvalue weighted by atomic mass is 35.5. The first kappa shape index (κ1) is 32.6. The number of carbonyl (C=O) groups is 2. The molecule has 0 unspecified atom stereocenters. The lowest BCUT2D eigenvalue weighted by Gasteiger charge is -2.40. The standard InChI is InChI=1S/C31H31ClN8O8/c32-14-20(16-41)47-26-12-19(15-35-36-26)40-8-7-25(37-40)39-9-10-46-27(30(39)44)31(45,17-34-29(43)21-3-1-2-4-23(21)42)13-18-5-6-22-24(11-18)48-38-28(22)33/h1-8,11-12,15,20,27,41-42,45H,9-10,13-14,16-17H2,(H2,33,38)(H,34,43)/t20-,27-,31+/m0/s1. The van der Waals surface area contributed by atoms with Crippen LogP contribution in [-0.2, 0) is 16.0 Å². The van der Waals surface area contributed by atoms with Gasteiger partial charge in [-0.2, -0.15) is 5.10 Å². The second kappa shape index (κ2) is 13.8. The fourth-order valence-corrected chi connectivity index (χ4v) is 5.48. The van der Waals surface area contributed by atoms with Gasteiger partial charge in [0.1, 0.15) is 17.5 Å². The maximum atomic E-state index is 14.0. The van der Waals surface area contributed by atoms with Crippen LogP contribution in [0.4, 0.5) is 11.6 Å². The van der Waals surface area contributed by atoms with Crippen molar-refractivity contribution < 1.29 is 38.9 Å². The number of nitrogens with two attached hydrogens (primary N) is 1. The number of para-hydroxylation sites is 1. The summed E-state index contributed by atoms with van der Waals surface area (Å²) < 4.78 is 18.2. The van der Waals surface area contributed by atoms with Gasteiger partial charge in [-0.15, -0.1) is 21.8 Å². The van der Waals surface area contributed by atoms with Gasteiger partial charge in [-0.05, 0) is 29.8 Å². The molecular formula is C31H31ClN8O8. The van der Waals surface area contributed by atoms with Crippen LogP contribution in [-0.4, -0.2) is 102 Å². The van der Waals surface area contributed by atoms with Crippen molar-refractivity contribution in [3.63, 3.8) is 0 Å². The van der Waals surface area contributed by atoms with Crippen LogP contribution in [0.3, 0.4) is 0 Å². The van der Waals surface area contributed by atoms with Crippen LogP contribution in [0.5, 0.6) is 11.6 Å². The third kappa shape index (κ3) is 6.72. The number of ether oxygens (including phenoxy) is 2. The van der Waals surface area contributed by atoms with Gasteiger partial charge < -0.3 is 40.4 Å². The van der Waals surface area contributed by atoms with Crippen LogP contribution in [0.1, 0.15) is 15.9 Å². The fourth-order valence-electron chi connectivity index (χ4n) is 5.32. The molecule has 0 radical (unpaired) electrons. The Morgan fingerprint density at radius 1 is 1.23 bits per heavy atom. The molecule has 0 aliphatic carbocycles. The molecule has 17 heteroatoms. The number of alkyl halides is 1. The van der Waals surface area contributed by atoms with Gasteiger partial charge in [-0.1, -0.05) is 23.4 Å². The Morgan fingerprint density at radius 3 is 2.85 bits per heavy atom. The average Bonchev–Trinajstić information content (AvgIpc) is 3.73. The Hall–Kier alpha value is -5.29. The smallest absolute Gasteiger partial charge is 0.260 e. The number of rotatable bonds is 12. The Kier molecular flexibility index (Phi) is 9.40. The number of aliphatic hydroxyl groups excluding tert-OH is 1. The lowest BCUT2D eigenvalue weighted by atomic mass is 9.86. The molecule has 0 saturated carbocycles. The van der Waals surface area contributed by atoms with Gasteiger partial charge in [-0.25, -0.2) is 4.68 Å². The summed E-state index contributed by atoms with van der Waals surface area (Å²) in [6.45, 7) is -0.549. The number of hydrogen-bond donors (Lipinski definition) is 5. The number of nitrogens with zero attached hydrogens (tertiary/aromatic N) is 6. The van der Waals surface area contributed by atoms with E-state index in [9.17, 15) is 24.9 Å². The maximum absolute atomic E-state index is 14.0. The van der Waals surface area contributed by atoms with E-state index in [0.717, 1.165) is 0 Å². The highest BCUT2D eigenvalue weighted by molar-refractivity contribution is 6.18. The largest absolute Gasteiger partial charge is 0.507 e. The van der Waals surface area contributed by atoms with Gasteiger partial charge in [0, 0.05) is 24.8 Å². The summed E-state index contributed by atoms with van der Waals surface area (Å²) in [5.74, 6) is -0.861. The number of aromatic hydroxyl groups is 1. The molecule has 1 saturated heterocycles. The number of phenolic OH excluding ortho intramolecular Hbond substituents is 1. The van der Waals surface area contributed by atoms with Crippen LogP contribution in [0.15, 0.2) is 71.5 Å². The summed E-state index contributed by atoms with van der Waals surface area (Å²) in [4.78, 5) is 28.5. The lowest BCUT2D eigenvalue weighted by Crippen LogP contribution is -2.63. The first-order valence-electron chi connectivity index (χ1n) is 14.8. The molecule has 1 aliphatic rings. The van der Waals surface area contributed by atoms with E-state index >= 15 is 0 Å². The predicted octanol–water partition coefficient (Wildman–Crippen LogP) is 1.21. The first-order chi connectivity index (χ1) is 23.2. The highest BCUT2D eigenvalue weighted by Crippen LogP contribution is 2.30. The Balaban J connectivity index is 1.26. The van der Waals surface area contributed by atoms with Crippen molar-refractivity contribution in [1.82, 2.24) is 30.5 Å². The van der Waals surface area contributed by atoms with Crippen LogP contribution >= 0.6 is 11.6 Å². The Morgan fingerprint density at radius 2 is 2.06 bits per heavy atom. The number of aliphatic hydroxyl groups is 2. The van der Waals surface area contributed by atoms with Crippen molar-refractivity contribution in [2.24, 2.45) is 0 Å². The van der Waals surface area contributed by atoms with E-state index in [-0.39, 0.29) is 60.9 Å². The number of morpholine rings is 1. The number of nitrogen functional groups attached to an aromatic ring is 1. The van der Waals surface area contributed by atoms with E-state index in [1.807, 2.05) is 0 Å². The number of fused-ring (bicyclic) bond motifs is 1. The lowest BCUT2D eigenvalue weighted by molar-refractivity contribution is -0.157. The zero-order valence-electron chi connectivity index (χ0n) is 25.3. The van der Waals surface area contributed by atoms with Gasteiger partial charge in [0.25, 0.3) is 11.8 Å². The average molecular weight is 679 g/mol. The van der Waals surface area contributed by atoms with Gasteiger partial charge in [0.05, 0.1) is 55.0 Å². The molecule has 1 fully saturated rings. The minimum Gasteiger partial charge on any atom is -0.507 e. The molecule has 4 heterocycles. The van der Waals surface area contributed by atoms with Crippen molar-refractivity contribution in [2.75, 3.05) is 42.8 Å². The molecule has 250 valence electrons. The minimum atomic E-state index is -1.98. The molecule has 0 bridgehead atoms. The summed E-state index contributed by atoms with van der Waals surface area (Å²) in [5.41, 5.74) is 5.26. The second-order valence-electron chi connectivity index (χ2n) is 11.1. The summed E-state index contributed by atoms with van der Waals surface area (Å²) in [7, 11) is 0. The number of anilines is 2. The number of carbonyl (C=O) groups excluding carboxylic acids is 2. The second-order valence-corrected chi connectivity index (χ2v) is 11.4. The van der Waals surface area contributed by atoms with Crippen molar-refractivity contribution in [2.45, 2.75) is 24.2 Å². The Bertz CT molecular complexity index is 1930. The number of halogens is 1. The molecule has 0 spiro atoms. The predicted molar refractivity (Wildman–Crippen MR) is 171 cm³/mol. The topological polar surface area (TPSA) is 224 Å². The number of phenols is 1. The number of amides is 2. The fraction of sp³-hybridized carbons (Fsp3) is 0.290. The molecule has 6 rings (SSSR count). The van der Waals surface area contributed by atoms with Gasteiger partial charge >= 0.3 is 0 Å². The quantitative estimate of drug-likeness (QED) is 0.117. The van der Waals surface area contributed by atoms with Gasteiger partial charge in [0.15, 0.2) is 23.3 Å². The zero-order valence-corrected chi connectivity index (χ0v) is 26.0. The van der Waals surface area contributed by atoms with E-state index in [2.05, 4.69) is 25.8 Å². The van der Waals surface area contributed by atoms with Crippen LogP contribution < -0.4 is 20.7 Å². The van der Waals surface area contributed by atoms with E-state index in [0.29, 0.717) is 22.2 Å². The SMILES string of the molecule is Nc1noc2cc(C[C@@](O)(CNC(=O)c3ccccc3O)[C@H]3OCCN(c4ccn(-c5cnnc(O[C@H](CO)CCl)c5)n4)C3=O)ccc12. The molecular weight excluding hydrogens is 648 g/mol. The summed E-state index contributed by atoms with van der Waals surface area (Å²) in [6.07, 6.45) is 0.782. The zero-order chi connectivity index (χ0) is 33.8. The van der Waals surface area contributed by atoms with Crippen molar-refractivity contribution in [3.05, 3.63) is 78.1 Å². The molecule has 5 aromatic rings. The third-order valence-electron chi connectivity index (χ3n) is 7.75. The highest BCUT2D eigenvalue weighted by Gasteiger charge is 2.47. The summed E-state index contributed by atoms with van der Waals surface area (Å²) in [6, 6.07) is 14.1. The number of aromatic nitrogens is 5. The van der Waals surface area contributed by atoms with Crippen LogP contribution in [0.2, 0.25) is 0 Å². The van der Waals surface area contributed by atoms with E-state index in [4.69, 9.17) is 31.3 Å². The normalized spacial score (nSPS) is 16.9. The van der Waals surface area contributed by atoms with Crippen molar-refractivity contribution in [1.29, 1.82) is 0 Å². The van der Waals surface area contributed by atoms with Gasteiger partial charge in [0.2, 0.25) is 5.88 Å². The Labute approximate surface area is 277 Å². The van der Waals surface area contributed by atoms with Crippen LogP contribution in [0.25, 0.3) is 16.7 Å². The molecule has 6 N–H and O–H groups in total. The molecule has 3 aromatic heterocycles. The minimum absolute atomic E-state index is 0.00448. The summed E-state index contributed by atoms with van der Waals surface area (Å²) >= 11 is 5.80.